The third kappa shape index (κ3) is 2.04. The molecule has 1 aliphatic heterocycles. The first kappa shape index (κ1) is 14.3. The van der Waals surface area contributed by atoms with Crippen LogP contribution in [0.4, 0.5) is 5.69 Å². The van der Waals surface area contributed by atoms with Gasteiger partial charge < -0.3 is 0 Å². The lowest BCUT2D eigenvalue weighted by Gasteiger charge is -2.13. The van der Waals surface area contributed by atoms with Gasteiger partial charge in [0.05, 0.1) is 16.8 Å². The molecule has 3 aromatic rings. The minimum absolute atomic E-state index is 0.0600. The summed E-state index contributed by atoms with van der Waals surface area (Å²) in [5.41, 5.74) is 1.83. The van der Waals surface area contributed by atoms with Crippen LogP contribution in [0.3, 0.4) is 0 Å². The second-order valence-electron chi connectivity index (χ2n) is 5.79. The molecule has 0 aromatic heterocycles. The standard InChI is InChI=1S/C20H13NO3/c1-12(22)13-6-8-16(9-7-13)21-19(23)17-10-14-4-2-3-5-15(14)11-18(17)20(21)24/h2-11H,1H3. The highest BCUT2D eigenvalue weighted by Gasteiger charge is 2.36. The van der Waals surface area contributed by atoms with E-state index >= 15 is 0 Å². The first-order chi connectivity index (χ1) is 11.6. The van der Waals surface area contributed by atoms with Crippen LogP contribution in [0.1, 0.15) is 38.0 Å². The highest BCUT2D eigenvalue weighted by atomic mass is 16.2. The fraction of sp³-hybridized carbons (Fsp3) is 0.0500. The molecule has 0 bridgehead atoms. The third-order valence-electron chi connectivity index (χ3n) is 4.28. The van der Waals surface area contributed by atoms with Crippen LogP contribution >= 0.6 is 0 Å². The molecular formula is C20H13NO3. The molecule has 0 atom stereocenters. The summed E-state index contributed by atoms with van der Waals surface area (Å²) in [6, 6.07) is 17.6. The van der Waals surface area contributed by atoms with Gasteiger partial charge in [-0.1, -0.05) is 24.3 Å². The lowest BCUT2D eigenvalue weighted by molar-refractivity contribution is 0.0925. The van der Waals surface area contributed by atoms with E-state index in [9.17, 15) is 14.4 Å². The van der Waals surface area contributed by atoms with Crippen molar-refractivity contribution in [3.63, 3.8) is 0 Å². The van der Waals surface area contributed by atoms with E-state index in [4.69, 9.17) is 0 Å². The van der Waals surface area contributed by atoms with Crippen molar-refractivity contribution in [3.05, 3.63) is 77.4 Å². The number of ketones is 1. The van der Waals surface area contributed by atoms with E-state index in [-0.39, 0.29) is 17.6 Å². The predicted octanol–water partition coefficient (Wildman–Crippen LogP) is 3.84. The van der Waals surface area contributed by atoms with Gasteiger partial charge >= 0.3 is 0 Å². The first-order valence-corrected chi connectivity index (χ1v) is 7.59. The van der Waals surface area contributed by atoms with E-state index < -0.39 is 0 Å². The molecule has 116 valence electrons. The Morgan fingerprint density at radius 2 is 1.29 bits per heavy atom. The van der Waals surface area contributed by atoms with Crippen molar-refractivity contribution in [2.24, 2.45) is 0 Å². The fourth-order valence-electron chi connectivity index (χ4n) is 3.01. The van der Waals surface area contributed by atoms with E-state index in [1.54, 1.807) is 36.4 Å². The zero-order valence-electron chi connectivity index (χ0n) is 12.9. The molecular weight excluding hydrogens is 302 g/mol. The van der Waals surface area contributed by atoms with Crippen molar-refractivity contribution in [3.8, 4) is 0 Å². The average molecular weight is 315 g/mol. The Morgan fingerprint density at radius 3 is 1.75 bits per heavy atom. The number of nitrogens with zero attached hydrogens (tertiary/aromatic N) is 1. The predicted molar refractivity (Wildman–Crippen MR) is 91.5 cm³/mol. The van der Waals surface area contributed by atoms with E-state index in [0.717, 1.165) is 15.7 Å². The lowest BCUT2D eigenvalue weighted by Crippen LogP contribution is -2.29. The number of rotatable bonds is 2. The molecule has 2 amide bonds. The lowest BCUT2D eigenvalue weighted by atomic mass is 10.0. The fourth-order valence-corrected chi connectivity index (χ4v) is 3.01. The Labute approximate surface area is 138 Å². The van der Waals surface area contributed by atoms with Crippen LogP contribution in [0.15, 0.2) is 60.7 Å². The van der Waals surface area contributed by atoms with Crippen molar-refractivity contribution >= 4 is 34.1 Å². The minimum atomic E-state index is -0.337. The minimum Gasteiger partial charge on any atom is -0.295 e. The maximum Gasteiger partial charge on any atom is 0.266 e. The number of imide groups is 1. The van der Waals surface area contributed by atoms with E-state index in [1.807, 2.05) is 24.3 Å². The van der Waals surface area contributed by atoms with E-state index in [2.05, 4.69) is 0 Å². The highest BCUT2D eigenvalue weighted by molar-refractivity contribution is 6.35. The number of carbonyl (C=O) groups is 3. The summed E-state index contributed by atoms with van der Waals surface area (Å²) < 4.78 is 0. The average Bonchev–Trinajstić information content (AvgIpc) is 2.84. The van der Waals surface area contributed by atoms with Crippen molar-refractivity contribution in [1.82, 2.24) is 0 Å². The first-order valence-electron chi connectivity index (χ1n) is 7.59. The summed E-state index contributed by atoms with van der Waals surface area (Å²) in [5.74, 6) is -0.734. The number of hydrogen-bond donors (Lipinski definition) is 0. The van der Waals surface area contributed by atoms with Gasteiger partial charge in [-0.25, -0.2) is 4.90 Å². The molecule has 4 nitrogen and oxygen atoms in total. The maximum atomic E-state index is 12.7. The highest BCUT2D eigenvalue weighted by Crippen LogP contribution is 2.31. The molecule has 0 spiro atoms. The molecule has 0 fully saturated rings. The van der Waals surface area contributed by atoms with Crippen LogP contribution in [0.2, 0.25) is 0 Å². The van der Waals surface area contributed by atoms with Gasteiger partial charge in [0.25, 0.3) is 11.8 Å². The second-order valence-corrected chi connectivity index (χ2v) is 5.79. The molecule has 1 heterocycles. The molecule has 0 aliphatic carbocycles. The number of carbonyl (C=O) groups excluding carboxylic acids is 3. The monoisotopic (exact) mass is 315 g/mol. The quantitative estimate of drug-likeness (QED) is 0.533. The zero-order valence-corrected chi connectivity index (χ0v) is 12.9. The van der Waals surface area contributed by atoms with Gasteiger partial charge in [0.15, 0.2) is 5.78 Å². The summed E-state index contributed by atoms with van der Waals surface area (Å²) in [5, 5.41) is 1.84. The molecule has 0 unspecified atom stereocenters. The molecule has 24 heavy (non-hydrogen) atoms. The van der Waals surface area contributed by atoms with Gasteiger partial charge in [0, 0.05) is 5.56 Å². The topological polar surface area (TPSA) is 54.5 Å². The molecule has 0 saturated heterocycles. The summed E-state index contributed by atoms with van der Waals surface area (Å²) >= 11 is 0. The van der Waals surface area contributed by atoms with Crippen molar-refractivity contribution in [2.75, 3.05) is 4.90 Å². The third-order valence-corrected chi connectivity index (χ3v) is 4.28. The molecule has 0 saturated carbocycles. The van der Waals surface area contributed by atoms with Crippen molar-refractivity contribution in [2.45, 2.75) is 6.92 Å². The Bertz CT molecular complexity index is 964. The smallest absolute Gasteiger partial charge is 0.266 e. The number of Topliss-reactive ketones (excluding diaryl/α,β-unsaturated/α-hetero) is 1. The summed E-state index contributed by atoms with van der Waals surface area (Å²) in [6.45, 7) is 1.47. The largest absolute Gasteiger partial charge is 0.295 e. The Hall–Kier alpha value is -3.27. The SMILES string of the molecule is CC(=O)c1ccc(N2C(=O)c3cc4ccccc4cc3C2=O)cc1. The van der Waals surface area contributed by atoms with Crippen LogP contribution in [0, 0.1) is 0 Å². The van der Waals surface area contributed by atoms with Gasteiger partial charge in [0.2, 0.25) is 0 Å². The normalized spacial score (nSPS) is 13.5. The molecule has 1 aliphatic rings. The Balaban J connectivity index is 1.81. The molecule has 4 rings (SSSR count). The summed E-state index contributed by atoms with van der Waals surface area (Å²) in [4.78, 5) is 37.9. The second kappa shape index (κ2) is 5.13. The zero-order chi connectivity index (χ0) is 16.8. The number of anilines is 1. The summed E-state index contributed by atoms with van der Waals surface area (Å²) in [6.07, 6.45) is 0. The van der Waals surface area contributed by atoms with Crippen LogP contribution in [0.5, 0.6) is 0 Å². The number of hydrogen-bond acceptors (Lipinski definition) is 3. The van der Waals surface area contributed by atoms with Gasteiger partial charge in [0.1, 0.15) is 0 Å². The number of benzene rings is 3. The summed E-state index contributed by atoms with van der Waals surface area (Å²) in [7, 11) is 0. The van der Waals surface area contributed by atoms with E-state index in [1.165, 1.54) is 6.92 Å². The van der Waals surface area contributed by atoms with Crippen LogP contribution in [-0.2, 0) is 0 Å². The van der Waals surface area contributed by atoms with Crippen molar-refractivity contribution < 1.29 is 14.4 Å². The Morgan fingerprint density at radius 1 is 0.792 bits per heavy atom. The Kier molecular flexibility index (Phi) is 3.06. The van der Waals surface area contributed by atoms with Crippen LogP contribution < -0.4 is 4.90 Å². The molecule has 0 radical (unpaired) electrons. The van der Waals surface area contributed by atoms with Gasteiger partial charge in [-0.05, 0) is 54.1 Å². The molecule has 3 aromatic carbocycles. The number of amides is 2. The van der Waals surface area contributed by atoms with Crippen LogP contribution in [-0.4, -0.2) is 17.6 Å². The number of fused-ring (bicyclic) bond motifs is 2. The van der Waals surface area contributed by atoms with Gasteiger partial charge in [-0.15, -0.1) is 0 Å². The molecule has 0 N–H and O–H groups in total. The van der Waals surface area contributed by atoms with Crippen LogP contribution in [0.25, 0.3) is 10.8 Å². The van der Waals surface area contributed by atoms with Gasteiger partial charge in [-0.3, -0.25) is 14.4 Å². The van der Waals surface area contributed by atoms with Crippen molar-refractivity contribution in [1.29, 1.82) is 0 Å². The van der Waals surface area contributed by atoms with Gasteiger partial charge in [-0.2, -0.15) is 0 Å². The van der Waals surface area contributed by atoms with E-state index in [0.29, 0.717) is 22.4 Å². The molecule has 4 heteroatoms. The maximum absolute atomic E-state index is 12.7.